The summed E-state index contributed by atoms with van der Waals surface area (Å²) < 4.78 is 121. The van der Waals surface area contributed by atoms with E-state index < -0.39 is 56.4 Å². The Labute approximate surface area is 369 Å². The Morgan fingerprint density at radius 1 is 0.516 bits per heavy atom. The van der Waals surface area contributed by atoms with E-state index in [2.05, 4.69) is 15.9 Å². The molecule has 0 spiro atoms. The smallest absolute Gasteiger partial charge is 0.423 e. The van der Waals surface area contributed by atoms with Gasteiger partial charge in [0.1, 0.15) is 9.79 Å². The van der Waals surface area contributed by atoms with Crippen LogP contribution in [0.25, 0.3) is 11.1 Å². The second-order valence-corrected chi connectivity index (χ2v) is 17.5. The standard InChI is InChI=1S/C20H13ClF3NO3S.C13H9BrClNO3S.C7H6BF3O2/c21-17-10-7-15(11-18(17)29(25,27)28)19(26)14-3-1-12(2-4-14)13-5-8-16(9-6-13)20(22,23)24;14-10-4-1-8(2-5-10)13(17)9-3-6-11(15)12(7-9)20(16,18)19;9-7(10,11)5-1-3-6(4-2-5)8(12)13/h1-11H,(H2,25,27,28);1-7H,(H2,16,18,19);1-4,12-13H. The molecule has 6 rings (SSSR count). The molecule has 22 heteroatoms. The maximum absolute atomic E-state index is 12.7. The van der Waals surface area contributed by atoms with E-state index in [-0.39, 0.29) is 47.8 Å². The molecule has 0 aliphatic heterocycles. The molecule has 10 nitrogen and oxygen atoms in total. The summed E-state index contributed by atoms with van der Waals surface area (Å²) in [5.74, 6) is -0.760. The van der Waals surface area contributed by atoms with Crippen molar-refractivity contribution in [2.45, 2.75) is 22.1 Å². The number of halogens is 9. The fraction of sp³-hybridized carbons (Fsp3) is 0.0500. The van der Waals surface area contributed by atoms with Gasteiger partial charge >= 0.3 is 19.5 Å². The zero-order valence-corrected chi connectivity index (χ0v) is 35.7. The Balaban J connectivity index is 0.000000222. The Morgan fingerprint density at radius 2 is 0.823 bits per heavy atom. The number of carbonyl (C=O) groups is 2. The van der Waals surface area contributed by atoms with E-state index in [4.69, 9.17) is 43.5 Å². The summed E-state index contributed by atoms with van der Waals surface area (Å²) in [7, 11) is -9.80. The first-order chi connectivity index (χ1) is 28.7. The lowest BCUT2D eigenvalue weighted by Crippen LogP contribution is -2.29. The van der Waals surface area contributed by atoms with Gasteiger partial charge in [-0.25, -0.2) is 27.1 Å². The summed E-state index contributed by atoms with van der Waals surface area (Å²) in [6, 6.07) is 28.9. The molecule has 6 N–H and O–H groups in total. The van der Waals surface area contributed by atoms with E-state index in [1.54, 1.807) is 36.4 Å². The molecule has 0 heterocycles. The van der Waals surface area contributed by atoms with Crippen molar-refractivity contribution in [3.8, 4) is 11.1 Å². The topological polar surface area (TPSA) is 195 Å². The van der Waals surface area contributed by atoms with E-state index >= 15 is 0 Å². The van der Waals surface area contributed by atoms with Crippen molar-refractivity contribution in [1.29, 1.82) is 0 Å². The minimum Gasteiger partial charge on any atom is -0.423 e. The summed E-state index contributed by atoms with van der Waals surface area (Å²) >= 11 is 14.9. The molecule has 0 radical (unpaired) electrons. The zero-order valence-electron chi connectivity index (χ0n) is 31.0. The van der Waals surface area contributed by atoms with Crippen LogP contribution in [-0.4, -0.2) is 45.6 Å². The number of alkyl halides is 6. The van der Waals surface area contributed by atoms with Crippen LogP contribution in [0, 0.1) is 0 Å². The van der Waals surface area contributed by atoms with E-state index in [1.165, 1.54) is 54.6 Å². The molecule has 0 saturated heterocycles. The fourth-order valence-corrected chi connectivity index (χ4v) is 7.58. The molecule has 0 atom stereocenters. The highest BCUT2D eigenvalue weighted by Gasteiger charge is 2.31. The van der Waals surface area contributed by atoms with Crippen LogP contribution >= 0.6 is 39.1 Å². The Hall–Kier alpha value is -4.90. The fourth-order valence-electron chi connectivity index (χ4n) is 5.17. The minimum atomic E-state index is -4.41. The first-order valence-electron chi connectivity index (χ1n) is 17.0. The largest absolute Gasteiger partial charge is 0.488 e. The van der Waals surface area contributed by atoms with Crippen LogP contribution in [0.4, 0.5) is 26.3 Å². The van der Waals surface area contributed by atoms with Crippen LogP contribution in [0.3, 0.4) is 0 Å². The van der Waals surface area contributed by atoms with Gasteiger partial charge in [0.15, 0.2) is 11.6 Å². The lowest BCUT2D eigenvalue weighted by molar-refractivity contribution is -0.138. The van der Waals surface area contributed by atoms with E-state index in [9.17, 15) is 52.8 Å². The van der Waals surface area contributed by atoms with Gasteiger partial charge in [-0.1, -0.05) is 99.8 Å². The summed E-state index contributed by atoms with van der Waals surface area (Å²) in [4.78, 5) is 24.3. The van der Waals surface area contributed by atoms with Gasteiger partial charge in [0.05, 0.1) is 21.2 Å². The number of hydrogen-bond acceptors (Lipinski definition) is 8. The van der Waals surface area contributed by atoms with Crippen LogP contribution in [0.2, 0.25) is 10.0 Å². The molecule has 0 aliphatic rings. The third-order valence-corrected chi connectivity index (χ3v) is 11.6. The summed E-state index contributed by atoms with van der Waals surface area (Å²) in [5, 5.41) is 27.2. The van der Waals surface area contributed by atoms with Crippen molar-refractivity contribution < 1.29 is 62.8 Å². The molecule has 0 bridgehead atoms. The SMILES string of the molecule is NS(=O)(=O)c1cc(C(=O)c2ccc(-c3ccc(C(F)(F)F)cc3)cc2)ccc1Cl.NS(=O)(=O)c1cc(C(=O)c2ccc(Br)cc2)ccc1Cl.OB(O)c1ccc(C(F)(F)F)cc1. The normalized spacial score (nSPS) is 11.7. The number of rotatable bonds is 8. The van der Waals surface area contributed by atoms with Gasteiger partial charge < -0.3 is 10.0 Å². The van der Waals surface area contributed by atoms with Crippen molar-refractivity contribution >= 4 is 83.3 Å². The third kappa shape index (κ3) is 13.6. The molecule has 0 aromatic heterocycles. The van der Waals surface area contributed by atoms with Crippen molar-refractivity contribution in [1.82, 2.24) is 0 Å². The average molecular weight is 1000 g/mol. The highest BCUT2D eigenvalue weighted by molar-refractivity contribution is 9.10. The second kappa shape index (κ2) is 20.1. The van der Waals surface area contributed by atoms with Crippen molar-refractivity contribution in [3.05, 3.63) is 181 Å². The predicted octanol–water partition coefficient (Wildman–Crippen LogP) is 8.27. The van der Waals surface area contributed by atoms with Crippen molar-refractivity contribution in [2.24, 2.45) is 10.3 Å². The third-order valence-electron chi connectivity index (χ3n) is 8.34. The van der Waals surface area contributed by atoms with Gasteiger partial charge in [-0.2, -0.15) is 26.3 Å². The van der Waals surface area contributed by atoms with Crippen molar-refractivity contribution in [3.63, 3.8) is 0 Å². The molecular formula is C40H28BBrCl2F6N2O8S2. The van der Waals surface area contributed by atoms with Crippen LogP contribution in [0.15, 0.2) is 148 Å². The van der Waals surface area contributed by atoms with Crippen molar-refractivity contribution in [2.75, 3.05) is 0 Å². The van der Waals surface area contributed by atoms with Crippen LogP contribution in [0.5, 0.6) is 0 Å². The number of nitrogens with two attached hydrogens (primary N) is 2. The molecule has 6 aromatic rings. The Morgan fingerprint density at radius 3 is 1.15 bits per heavy atom. The molecule has 0 unspecified atom stereocenters. The van der Waals surface area contributed by atoms with Crippen LogP contribution in [-0.2, 0) is 32.4 Å². The minimum absolute atomic E-state index is 0.0140. The molecule has 324 valence electrons. The summed E-state index contributed by atoms with van der Waals surface area (Å²) in [6.07, 6.45) is -8.80. The first-order valence-corrected chi connectivity index (χ1v) is 21.6. The van der Waals surface area contributed by atoms with Gasteiger partial charge in [0.2, 0.25) is 20.0 Å². The van der Waals surface area contributed by atoms with E-state index in [1.807, 2.05) is 0 Å². The number of carbonyl (C=O) groups excluding carboxylic acids is 2. The number of hydrogen-bond donors (Lipinski definition) is 4. The van der Waals surface area contributed by atoms with Gasteiger partial charge in [0, 0.05) is 26.7 Å². The molecule has 6 aromatic carbocycles. The number of primary sulfonamides is 2. The monoisotopic (exact) mass is 1000 g/mol. The van der Waals surface area contributed by atoms with Gasteiger partial charge in [-0.15, -0.1) is 0 Å². The number of ketones is 2. The Kier molecular flexibility index (Phi) is 16.1. The highest BCUT2D eigenvalue weighted by Crippen LogP contribution is 2.32. The predicted molar refractivity (Wildman–Crippen MR) is 225 cm³/mol. The van der Waals surface area contributed by atoms with E-state index in [0.29, 0.717) is 16.7 Å². The average Bonchev–Trinajstić information content (AvgIpc) is 3.20. The van der Waals surface area contributed by atoms with Gasteiger partial charge in [-0.05, 0) is 89.4 Å². The first kappa shape index (κ1) is 49.8. The highest BCUT2D eigenvalue weighted by atomic mass is 79.9. The van der Waals surface area contributed by atoms with Crippen LogP contribution < -0.4 is 15.7 Å². The summed E-state index contributed by atoms with van der Waals surface area (Å²) in [5.41, 5.74) is 0.656. The maximum Gasteiger partial charge on any atom is 0.488 e. The lowest BCUT2D eigenvalue weighted by atomic mass is 9.80. The van der Waals surface area contributed by atoms with E-state index in [0.717, 1.165) is 46.9 Å². The quantitative estimate of drug-likeness (QED) is 0.0665. The summed E-state index contributed by atoms with van der Waals surface area (Å²) in [6.45, 7) is 0. The molecule has 0 fully saturated rings. The van der Waals surface area contributed by atoms with Gasteiger partial charge in [-0.3, -0.25) is 9.59 Å². The molecular weight excluding hydrogens is 976 g/mol. The molecule has 62 heavy (non-hydrogen) atoms. The Bertz CT molecular complexity index is 2800. The second-order valence-electron chi connectivity index (χ2n) is 12.7. The maximum atomic E-state index is 12.7. The van der Waals surface area contributed by atoms with Crippen LogP contribution in [0.1, 0.15) is 43.0 Å². The molecule has 0 aliphatic carbocycles. The van der Waals surface area contributed by atoms with Gasteiger partial charge in [0.25, 0.3) is 0 Å². The lowest BCUT2D eigenvalue weighted by Gasteiger charge is -2.09. The number of benzene rings is 6. The molecule has 0 saturated carbocycles. The zero-order chi connectivity index (χ0) is 46.4. The number of sulfonamides is 2. The molecule has 0 amide bonds.